The second kappa shape index (κ2) is 4.64. The number of amides is 1. The van der Waals surface area contributed by atoms with Crippen LogP contribution in [0, 0.1) is 5.82 Å². The Labute approximate surface area is 128 Å². The Morgan fingerprint density at radius 2 is 2.00 bits per heavy atom. The number of rotatable bonds is 1. The Kier molecular flexibility index (Phi) is 2.74. The molecule has 2 heterocycles. The van der Waals surface area contributed by atoms with Crippen LogP contribution in [0.2, 0.25) is 0 Å². The summed E-state index contributed by atoms with van der Waals surface area (Å²) in [4.78, 5) is 12.5. The maximum atomic E-state index is 13.5. The SMILES string of the molecule is NC(=O)n1nc(-c2cc3ccccc3s2)c2ccc(F)cc21. The maximum Gasteiger partial charge on any atom is 0.340 e. The second-order valence-electron chi connectivity index (χ2n) is 4.91. The van der Waals surface area contributed by atoms with E-state index in [-0.39, 0.29) is 0 Å². The fraction of sp³-hybridized carbons (Fsp3) is 0. The number of carbonyl (C=O) groups excluding carboxylic acids is 1. The van der Waals surface area contributed by atoms with Gasteiger partial charge in [-0.15, -0.1) is 11.3 Å². The first kappa shape index (κ1) is 13.0. The number of fused-ring (bicyclic) bond motifs is 2. The van der Waals surface area contributed by atoms with Gasteiger partial charge in [-0.05, 0) is 29.7 Å². The van der Waals surface area contributed by atoms with Gasteiger partial charge in [-0.3, -0.25) is 0 Å². The number of primary amides is 1. The monoisotopic (exact) mass is 311 g/mol. The van der Waals surface area contributed by atoms with E-state index < -0.39 is 11.8 Å². The van der Waals surface area contributed by atoms with Gasteiger partial charge in [-0.25, -0.2) is 9.18 Å². The van der Waals surface area contributed by atoms with Gasteiger partial charge >= 0.3 is 6.03 Å². The zero-order chi connectivity index (χ0) is 15.3. The molecule has 108 valence electrons. The van der Waals surface area contributed by atoms with E-state index >= 15 is 0 Å². The molecule has 6 heteroatoms. The first-order valence-corrected chi connectivity index (χ1v) is 7.42. The molecule has 4 aromatic rings. The predicted molar refractivity (Wildman–Crippen MR) is 85.5 cm³/mol. The van der Waals surface area contributed by atoms with E-state index in [2.05, 4.69) is 5.10 Å². The van der Waals surface area contributed by atoms with Crippen molar-refractivity contribution in [2.75, 3.05) is 0 Å². The number of thiophene rings is 1. The highest BCUT2D eigenvalue weighted by Crippen LogP contribution is 2.36. The molecule has 0 aliphatic rings. The maximum absolute atomic E-state index is 13.5. The molecule has 0 bridgehead atoms. The lowest BCUT2D eigenvalue weighted by Crippen LogP contribution is -2.20. The average Bonchev–Trinajstić information content (AvgIpc) is 3.07. The van der Waals surface area contributed by atoms with Crippen molar-refractivity contribution in [3.8, 4) is 10.6 Å². The van der Waals surface area contributed by atoms with Gasteiger partial charge in [-0.1, -0.05) is 18.2 Å². The van der Waals surface area contributed by atoms with Crippen molar-refractivity contribution in [2.24, 2.45) is 5.73 Å². The molecule has 0 aliphatic carbocycles. The van der Waals surface area contributed by atoms with Crippen molar-refractivity contribution in [1.82, 2.24) is 9.78 Å². The van der Waals surface area contributed by atoms with Crippen LogP contribution in [0.5, 0.6) is 0 Å². The molecule has 4 rings (SSSR count). The summed E-state index contributed by atoms with van der Waals surface area (Å²) in [6.07, 6.45) is 0. The Bertz CT molecular complexity index is 1000. The minimum Gasteiger partial charge on any atom is -0.350 e. The molecule has 0 saturated heterocycles. The van der Waals surface area contributed by atoms with Gasteiger partial charge < -0.3 is 5.73 Å². The standard InChI is InChI=1S/C16H10FN3OS/c17-10-5-6-11-12(8-10)20(16(18)21)19-15(11)14-7-9-3-1-2-4-13(9)22-14/h1-8H,(H2,18,21). The zero-order valence-corrected chi connectivity index (χ0v) is 12.1. The van der Waals surface area contributed by atoms with Crippen LogP contribution in [0.3, 0.4) is 0 Å². The molecule has 4 nitrogen and oxygen atoms in total. The van der Waals surface area contributed by atoms with Gasteiger partial charge in [0.2, 0.25) is 0 Å². The normalized spacial score (nSPS) is 11.3. The molecular weight excluding hydrogens is 301 g/mol. The van der Waals surface area contributed by atoms with Crippen LogP contribution in [0.15, 0.2) is 48.5 Å². The van der Waals surface area contributed by atoms with E-state index in [1.54, 1.807) is 17.4 Å². The number of aromatic nitrogens is 2. The zero-order valence-electron chi connectivity index (χ0n) is 11.3. The Morgan fingerprint density at radius 3 is 2.77 bits per heavy atom. The van der Waals surface area contributed by atoms with Gasteiger partial charge in [0.1, 0.15) is 11.5 Å². The molecule has 2 N–H and O–H groups in total. The van der Waals surface area contributed by atoms with Gasteiger partial charge in [0.25, 0.3) is 0 Å². The molecular formula is C16H10FN3OS. The average molecular weight is 311 g/mol. The highest BCUT2D eigenvalue weighted by atomic mass is 32.1. The van der Waals surface area contributed by atoms with Crippen LogP contribution in [0.4, 0.5) is 9.18 Å². The van der Waals surface area contributed by atoms with Crippen LogP contribution in [-0.2, 0) is 0 Å². The molecule has 0 aliphatic heterocycles. The fourth-order valence-electron chi connectivity index (χ4n) is 2.54. The van der Waals surface area contributed by atoms with Gasteiger partial charge in [0.15, 0.2) is 0 Å². The van der Waals surface area contributed by atoms with Gasteiger partial charge in [0.05, 0.1) is 10.4 Å². The number of carbonyl (C=O) groups is 1. The topological polar surface area (TPSA) is 60.9 Å². The predicted octanol–water partition coefficient (Wildman–Crippen LogP) is 3.98. The molecule has 2 aromatic heterocycles. The molecule has 22 heavy (non-hydrogen) atoms. The Balaban J connectivity index is 2.04. The fourth-order valence-corrected chi connectivity index (χ4v) is 3.60. The lowest BCUT2D eigenvalue weighted by Gasteiger charge is -1.95. The third-order valence-electron chi connectivity index (χ3n) is 3.51. The summed E-state index contributed by atoms with van der Waals surface area (Å²) in [7, 11) is 0. The van der Waals surface area contributed by atoms with Crippen LogP contribution in [0.1, 0.15) is 0 Å². The summed E-state index contributed by atoms with van der Waals surface area (Å²) < 4.78 is 15.6. The second-order valence-corrected chi connectivity index (χ2v) is 5.99. The van der Waals surface area contributed by atoms with Crippen LogP contribution in [-0.4, -0.2) is 15.8 Å². The van der Waals surface area contributed by atoms with Crippen LogP contribution in [0.25, 0.3) is 31.6 Å². The summed E-state index contributed by atoms with van der Waals surface area (Å²) in [5.41, 5.74) is 6.35. The highest BCUT2D eigenvalue weighted by molar-refractivity contribution is 7.22. The van der Waals surface area contributed by atoms with Crippen molar-refractivity contribution in [3.05, 3.63) is 54.3 Å². The Hall–Kier alpha value is -2.73. The molecule has 2 aromatic carbocycles. The largest absolute Gasteiger partial charge is 0.350 e. The van der Waals surface area contributed by atoms with Crippen molar-refractivity contribution in [2.45, 2.75) is 0 Å². The molecule has 0 atom stereocenters. The number of halogens is 1. The van der Waals surface area contributed by atoms with E-state index in [0.717, 1.165) is 19.6 Å². The number of nitrogens with two attached hydrogens (primary N) is 1. The number of hydrogen-bond acceptors (Lipinski definition) is 3. The lowest BCUT2D eigenvalue weighted by molar-refractivity contribution is 0.248. The molecule has 1 amide bonds. The van der Waals surface area contributed by atoms with E-state index in [4.69, 9.17) is 5.73 Å². The van der Waals surface area contributed by atoms with Crippen molar-refractivity contribution in [3.63, 3.8) is 0 Å². The first-order chi connectivity index (χ1) is 10.6. The number of hydrogen-bond donors (Lipinski definition) is 1. The quantitative estimate of drug-likeness (QED) is 0.578. The lowest BCUT2D eigenvalue weighted by atomic mass is 10.1. The minimum absolute atomic E-state index is 0.375. The van der Waals surface area contributed by atoms with Crippen LogP contribution >= 0.6 is 11.3 Å². The summed E-state index contributed by atoms with van der Waals surface area (Å²) >= 11 is 1.57. The van der Waals surface area contributed by atoms with Crippen molar-refractivity contribution < 1.29 is 9.18 Å². The summed E-state index contributed by atoms with van der Waals surface area (Å²) in [6.45, 7) is 0. The van der Waals surface area contributed by atoms with E-state index in [1.165, 1.54) is 12.1 Å². The molecule has 0 fully saturated rings. The molecule has 0 unspecified atom stereocenters. The number of benzene rings is 2. The van der Waals surface area contributed by atoms with Crippen LogP contribution < -0.4 is 5.73 Å². The number of nitrogens with zero attached hydrogens (tertiary/aromatic N) is 2. The highest BCUT2D eigenvalue weighted by Gasteiger charge is 2.17. The minimum atomic E-state index is -0.733. The summed E-state index contributed by atoms with van der Waals surface area (Å²) in [5.74, 6) is -0.433. The summed E-state index contributed by atoms with van der Waals surface area (Å²) in [6, 6.07) is 13.5. The van der Waals surface area contributed by atoms with Crippen molar-refractivity contribution >= 4 is 38.4 Å². The molecule has 0 saturated carbocycles. The first-order valence-electron chi connectivity index (χ1n) is 6.60. The van der Waals surface area contributed by atoms with Gasteiger partial charge in [-0.2, -0.15) is 9.78 Å². The molecule has 0 spiro atoms. The summed E-state index contributed by atoms with van der Waals surface area (Å²) in [5, 5.41) is 6.09. The molecule has 0 radical (unpaired) electrons. The van der Waals surface area contributed by atoms with E-state index in [9.17, 15) is 9.18 Å². The van der Waals surface area contributed by atoms with E-state index in [1.807, 2.05) is 30.3 Å². The third-order valence-corrected chi connectivity index (χ3v) is 4.63. The smallest absolute Gasteiger partial charge is 0.340 e. The van der Waals surface area contributed by atoms with Gasteiger partial charge in [0, 0.05) is 16.2 Å². The van der Waals surface area contributed by atoms with E-state index in [0.29, 0.717) is 16.6 Å². The van der Waals surface area contributed by atoms with Crippen molar-refractivity contribution in [1.29, 1.82) is 0 Å². The Morgan fingerprint density at radius 1 is 1.18 bits per heavy atom. The third kappa shape index (κ3) is 1.88.